The fraction of sp³-hybridized carbons (Fsp3) is 0.385. The van der Waals surface area contributed by atoms with Crippen LogP contribution in [-0.4, -0.2) is 17.2 Å². The average molecular weight is 219 g/mol. The van der Waals surface area contributed by atoms with Crippen LogP contribution >= 0.6 is 0 Å². The molecule has 1 N–H and O–H groups in total. The summed E-state index contributed by atoms with van der Waals surface area (Å²) in [6.45, 7) is 5.75. The number of rotatable bonds is 4. The predicted molar refractivity (Wildman–Crippen MR) is 63.3 cm³/mol. The molecule has 1 rings (SSSR count). The molecular formula is C13H17NO2. The molecule has 0 fully saturated rings. The zero-order chi connectivity index (χ0) is 12.2. The van der Waals surface area contributed by atoms with Crippen LogP contribution in [0.15, 0.2) is 30.3 Å². The zero-order valence-corrected chi connectivity index (χ0v) is 9.91. The first-order valence-electron chi connectivity index (χ1n) is 5.38. The van der Waals surface area contributed by atoms with Crippen molar-refractivity contribution in [2.75, 3.05) is 0 Å². The highest BCUT2D eigenvalue weighted by atomic mass is 16.2. The first kappa shape index (κ1) is 12.4. The van der Waals surface area contributed by atoms with E-state index in [9.17, 15) is 9.59 Å². The van der Waals surface area contributed by atoms with Gasteiger partial charge in [0.2, 0.25) is 5.78 Å². The van der Waals surface area contributed by atoms with E-state index in [4.69, 9.17) is 0 Å². The number of ketones is 1. The predicted octanol–water partition coefficient (Wildman–Crippen LogP) is 2.17. The summed E-state index contributed by atoms with van der Waals surface area (Å²) in [5.74, 6) is -1.03. The minimum atomic E-state index is -0.543. The Morgan fingerprint density at radius 3 is 2.25 bits per heavy atom. The Morgan fingerprint density at radius 2 is 1.75 bits per heavy atom. The maximum absolute atomic E-state index is 11.7. The zero-order valence-electron chi connectivity index (χ0n) is 9.91. The number of hydrogen-bond donors (Lipinski definition) is 1. The number of hydrogen-bond acceptors (Lipinski definition) is 2. The second kappa shape index (κ2) is 4.92. The summed E-state index contributed by atoms with van der Waals surface area (Å²) in [6, 6.07) is 8.57. The van der Waals surface area contributed by atoms with Gasteiger partial charge in [-0.05, 0) is 20.3 Å². The van der Waals surface area contributed by atoms with E-state index in [-0.39, 0.29) is 5.54 Å². The summed E-state index contributed by atoms with van der Waals surface area (Å²) < 4.78 is 0. The van der Waals surface area contributed by atoms with Gasteiger partial charge in [-0.15, -0.1) is 0 Å². The molecule has 3 heteroatoms. The summed E-state index contributed by atoms with van der Waals surface area (Å²) in [4.78, 5) is 23.4. The molecule has 0 aliphatic carbocycles. The molecule has 0 aliphatic heterocycles. The third kappa shape index (κ3) is 3.19. The van der Waals surface area contributed by atoms with Gasteiger partial charge in [-0.25, -0.2) is 0 Å². The van der Waals surface area contributed by atoms with E-state index in [0.29, 0.717) is 5.56 Å². The number of Topliss-reactive ketones (excluding diaryl/α,β-unsaturated/α-hetero) is 1. The molecule has 1 amide bonds. The number of carbonyl (C=O) groups excluding carboxylic acids is 2. The van der Waals surface area contributed by atoms with E-state index in [1.807, 2.05) is 26.8 Å². The van der Waals surface area contributed by atoms with Gasteiger partial charge in [0.25, 0.3) is 5.91 Å². The topological polar surface area (TPSA) is 46.2 Å². The summed E-state index contributed by atoms with van der Waals surface area (Å²) in [5, 5.41) is 2.72. The average Bonchev–Trinajstić information content (AvgIpc) is 2.28. The number of amides is 1. The smallest absolute Gasteiger partial charge is 0.292 e. The van der Waals surface area contributed by atoms with Crippen LogP contribution in [-0.2, 0) is 4.79 Å². The van der Waals surface area contributed by atoms with Crippen molar-refractivity contribution in [2.24, 2.45) is 0 Å². The summed E-state index contributed by atoms with van der Waals surface area (Å²) >= 11 is 0. The lowest BCUT2D eigenvalue weighted by Gasteiger charge is -2.23. The number of nitrogens with one attached hydrogen (secondary N) is 1. The lowest BCUT2D eigenvalue weighted by Crippen LogP contribution is -2.45. The van der Waals surface area contributed by atoms with Gasteiger partial charge >= 0.3 is 0 Å². The van der Waals surface area contributed by atoms with Crippen molar-refractivity contribution in [2.45, 2.75) is 32.7 Å². The van der Waals surface area contributed by atoms with Crippen molar-refractivity contribution < 1.29 is 9.59 Å². The number of carbonyl (C=O) groups is 2. The third-order valence-corrected chi connectivity index (χ3v) is 2.58. The van der Waals surface area contributed by atoms with Gasteiger partial charge in [-0.3, -0.25) is 9.59 Å². The van der Waals surface area contributed by atoms with Crippen molar-refractivity contribution in [3.63, 3.8) is 0 Å². The SMILES string of the molecule is CCC(C)(C)NC(=O)C(=O)c1ccccc1. The van der Waals surface area contributed by atoms with Crippen LogP contribution in [0.3, 0.4) is 0 Å². The summed E-state index contributed by atoms with van der Waals surface area (Å²) in [7, 11) is 0. The van der Waals surface area contributed by atoms with Crippen molar-refractivity contribution in [3.05, 3.63) is 35.9 Å². The van der Waals surface area contributed by atoms with Gasteiger partial charge in [0.1, 0.15) is 0 Å². The molecule has 1 aromatic carbocycles. The lowest BCUT2D eigenvalue weighted by molar-refractivity contribution is -0.118. The Hall–Kier alpha value is -1.64. The molecule has 0 saturated carbocycles. The molecular weight excluding hydrogens is 202 g/mol. The van der Waals surface area contributed by atoms with E-state index in [1.54, 1.807) is 24.3 Å². The third-order valence-electron chi connectivity index (χ3n) is 2.58. The molecule has 86 valence electrons. The minimum absolute atomic E-state index is 0.346. The molecule has 0 aromatic heterocycles. The highest BCUT2D eigenvalue weighted by Gasteiger charge is 2.23. The Labute approximate surface area is 95.9 Å². The van der Waals surface area contributed by atoms with Crippen molar-refractivity contribution in [1.29, 1.82) is 0 Å². The summed E-state index contributed by atoms with van der Waals surface area (Å²) in [6.07, 6.45) is 0.779. The molecule has 0 radical (unpaired) electrons. The standard InChI is InChI=1S/C13H17NO2/c1-4-13(2,3)14-12(16)11(15)10-8-6-5-7-9-10/h5-9H,4H2,1-3H3,(H,14,16). The Kier molecular flexibility index (Phi) is 3.82. The van der Waals surface area contributed by atoms with Gasteiger partial charge in [0.05, 0.1) is 0 Å². The van der Waals surface area contributed by atoms with Gasteiger partial charge in [0.15, 0.2) is 0 Å². The van der Waals surface area contributed by atoms with E-state index in [2.05, 4.69) is 5.32 Å². The molecule has 0 unspecified atom stereocenters. The van der Waals surface area contributed by atoms with Crippen molar-refractivity contribution >= 4 is 11.7 Å². The largest absolute Gasteiger partial charge is 0.344 e. The minimum Gasteiger partial charge on any atom is -0.344 e. The molecule has 16 heavy (non-hydrogen) atoms. The van der Waals surface area contributed by atoms with Crippen molar-refractivity contribution in [1.82, 2.24) is 5.32 Å². The van der Waals surface area contributed by atoms with Crippen molar-refractivity contribution in [3.8, 4) is 0 Å². The molecule has 0 spiro atoms. The Morgan fingerprint density at radius 1 is 1.19 bits per heavy atom. The molecule has 0 heterocycles. The van der Waals surface area contributed by atoms with Crippen LogP contribution in [0.1, 0.15) is 37.6 Å². The quantitative estimate of drug-likeness (QED) is 0.623. The van der Waals surface area contributed by atoms with E-state index >= 15 is 0 Å². The van der Waals surface area contributed by atoms with Gasteiger partial charge in [-0.1, -0.05) is 37.3 Å². The normalized spacial score (nSPS) is 10.9. The van der Waals surface area contributed by atoms with Crippen LogP contribution in [0.5, 0.6) is 0 Å². The lowest BCUT2D eigenvalue weighted by atomic mass is 10.0. The van der Waals surface area contributed by atoms with Gasteiger partial charge in [0, 0.05) is 11.1 Å². The van der Waals surface area contributed by atoms with E-state index in [1.165, 1.54) is 0 Å². The highest BCUT2D eigenvalue weighted by molar-refractivity contribution is 6.42. The second-order valence-electron chi connectivity index (χ2n) is 4.39. The fourth-order valence-electron chi connectivity index (χ4n) is 1.17. The molecule has 0 atom stereocenters. The van der Waals surface area contributed by atoms with Crippen LogP contribution in [0.25, 0.3) is 0 Å². The highest BCUT2D eigenvalue weighted by Crippen LogP contribution is 2.08. The van der Waals surface area contributed by atoms with Gasteiger partial charge in [-0.2, -0.15) is 0 Å². The van der Waals surface area contributed by atoms with E-state index in [0.717, 1.165) is 6.42 Å². The van der Waals surface area contributed by atoms with E-state index < -0.39 is 11.7 Å². The number of benzene rings is 1. The first-order valence-corrected chi connectivity index (χ1v) is 5.38. The van der Waals surface area contributed by atoms with Crippen LogP contribution < -0.4 is 5.32 Å². The Balaban J connectivity index is 2.73. The molecule has 3 nitrogen and oxygen atoms in total. The molecule has 1 aromatic rings. The maximum Gasteiger partial charge on any atom is 0.292 e. The molecule has 0 bridgehead atoms. The molecule has 0 saturated heterocycles. The van der Waals surface area contributed by atoms with Crippen LogP contribution in [0.2, 0.25) is 0 Å². The summed E-state index contributed by atoms with van der Waals surface area (Å²) in [5.41, 5.74) is 0.0773. The Bertz CT molecular complexity index is 382. The monoisotopic (exact) mass is 219 g/mol. The van der Waals surface area contributed by atoms with Crippen LogP contribution in [0, 0.1) is 0 Å². The van der Waals surface area contributed by atoms with Crippen LogP contribution in [0.4, 0.5) is 0 Å². The second-order valence-corrected chi connectivity index (χ2v) is 4.39. The first-order chi connectivity index (χ1) is 7.46. The fourth-order valence-corrected chi connectivity index (χ4v) is 1.17. The van der Waals surface area contributed by atoms with Gasteiger partial charge < -0.3 is 5.32 Å². The maximum atomic E-state index is 11.7. The molecule has 0 aliphatic rings.